The normalized spacial score (nSPS) is 16.3. The second kappa shape index (κ2) is 6.76. The lowest BCUT2D eigenvalue weighted by atomic mass is 10.1. The second-order valence-electron chi connectivity index (χ2n) is 5.35. The van der Waals surface area contributed by atoms with Crippen molar-refractivity contribution in [3.8, 4) is 5.75 Å². The number of benzene rings is 2. The van der Waals surface area contributed by atoms with Crippen molar-refractivity contribution in [3.63, 3.8) is 0 Å². The third kappa shape index (κ3) is 3.43. The highest BCUT2D eigenvalue weighted by Crippen LogP contribution is 2.32. The van der Waals surface area contributed by atoms with Crippen LogP contribution in [-0.4, -0.2) is 11.0 Å². The minimum atomic E-state index is -1.41. The highest BCUT2D eigenvalue weighted by atomic mass is 32.2. The average molecular weight is 338 g/mol. The summed E-state index contributed by atoms with van der Waals surface area (Å²) in [4.78, 5) is 0. The fourth-order valence-electron chi connectivity index (χ4n) is 2.59. The third-order valence-electron chi connectivity index (χ3n) is 3.79. The van der Waals surface area contributed by atoms with Crippen molar-refractivity contribution in [2.75, 3.05) is 6.79 Å². The van der Waals surface area contributed by atoms with Gasteiger partial charge in [-0.2, -0.15) is 0 Å². The molecule has 0 bridgehead atoms. The van der Waals surface area contributed by atoms with Crippen molar-refractivity contribution in [2.24, 2.45) is 0 Å². The Balaban J connectivity index is 1.86. The zero-order valence-electron chi connectivity index (χ0n) is 12.6. The molecule has 23 heavy (non-hydrogen) atoms. The first-order chi connectivity index (χ1) is 11.1. The van der Waals surface area contributed by atoms with Crippen molar-refractivity contribution in [1.29, 1.82) is 0 Å². The molecule has 0 N–H and O–H groups in total. The average Bonchev–Trinajstić information content (AvgIpc) is 2.54. The van der Waals surface area contributed by atoms with Crippen LogP contribution in [0.1, 0.15) is 28.9 Å². The fourth-order valence-corrected chi connectivity index (χ4v) is 3.83. The van der Waals surface area contributed by atoms with E-state index in [-0.39, 0.29) is 25.0 Å². The van der Waals surface area contributed by atoms with Crippen molar-refractivity contribution in [2.45, 2.75) is 24.5 Å². The monoisotopic (exact) mass is 338 g/mol. The molecule has 2 aromatic rings. The van der Waals surface area contributed by atoms with Gasteiger partial charge in [0.2, 0.25) is 0 Å². The molecule has 6 heteroatoms. The molecule has 3 rings (SSSR count). The van der Waals surface area contributed by atoms with Gasteiger partial charge in [0.25, 0.3) is 0 Å². The van der Waals surface area contributed by atoms with Crippen LogP contribution in [-0.2, 0) is 27.9 Å². The molecule has 0 spiro atoms. The molecule has 2 atom stereocenters. The minimum Gasteiger partial charge on any atom is -0.467 e. The largest absolute Gasteiger partial charge is 0.467 e. The smallest absolute Gasteiger partial charge is 0.189 e. The standard InChI is InChI=1S/C17H16F2O3S/c1-11(15-4-2-3-5-16(15)19)23(20)9-13-7-14(18)6-12-8-21-10-22-17(12)13/h2-7,11H,8-10H2,1H3/t11-,23-/m1/s1. The molecule has 2 aromatic carbocycles. The van der Waals surface area contributed by atoms with Crippen molar-refractivity contribution in [1.82, 2.24) is 0 Å². The molecule has 0 aliphatic carbocycles. The lowest BCUT2D eigenvalue weighted by Crippen LogP contribution is -2.15. The summed E-state index contributed by atoms with van der Waals surface area (Å²) in [7, 11) is -1.41. The van der Waals surface area contributed by atoms with Gasteiger partial charge in [0.1, 0.15) is 17.4 Å². The molecular formula is C17H16F2O3S. The van der Waals surface area contributed by atoms with E-state index in [1.807, 2.05) is 0 Å². The molecule has 0 saturated heterocycles. The Morgan fingerprint density at radius 1 is 1.26 bits per heavy atom. The van der Waals surface area contributed by atoms with Crippen LogP contribution in [0.4, 0.5) is 8.78 Å². The molecular weight excluding hydrogens is 322 g/mol. The van der Waals surface area contributed by atoms with E-state index in [0.717, 1.165) is 0 Å². The van der Waals surface area contributed by atoms with Crippen LogP contribution in [0.5, 0.6) is 5.75 Å². The van der Waals surface area contributed by atoms with Gasteiger partial charge in [0.15, 0.2) is 6.79 Å². The number of ether oxygens (including phenoxy) is 2. The maximum atomic E-state index is 13.8. The highest BCUT2D eigenvalue weighted by molar-refractivity contribution is 7.84. The number of hydrogen-bond donors (Lipinski definition) is 0. The van der Waals surface area contributed by atoms with Crippen LogP contribution < -0.4 is 4.74 Å². The number of halogens is 2. The van der Waals surface area contributed by atoms with Crippen molar-refractivity contribution >= 4 is 10.8 Å². The lowest BCUT2D eigenvalue weighted by Gasteiger charge is -2.21. The summed E-state index contributed by atoms with van der Waals surface area (Å²) in [5, 5.41) is -0.505. The molecule has 3 nitrogen and oxygen atoms in total. The first kappa shape index (κ1) is 16.1. The summed E-state index contributed by atoms with van der Waals surface area (Å²) in [6, 6.07) is 8.91. The molecule has 0 radical (unpaired) electrons. The molecule has 1 heterocycles. The quantitative estimate of drug-likeness (QED) is 0.850. The predicted molar refractivity (Wildman–Crippen MR) is 83.3 cm³/mol. The van der Waals surface area contributed by atoms with E-state index in [9.17, 15) is 13.0 Å². The van der Waals surface area contributed by atoms with Gasteiger partial charge in [-0.15, -0.1) is 0 Å². The van der Waals surface area contributed by atoms with Gasteiger partial charge in [0, 0.05) is 27.5 Å². The molecule has 0 amide bonds. The Morgan fingerprint density at radius 3 is 2.83 bits per heavy atom. The summed E-state index contributed by atoms with van der Waals surface area (Å²) < 4.78 is 50.7. The van der Waals surface area contributed by atoms with E-state index in [2.05, 4.69) is 0 Å². The summed E-state index contributed by atoms with van der Waals surface area (Å²) >= 11 is 0. The molecule has 0 fully saturated rings. The second-order valence-corrected chi connectivity index (χ2v) is 7.11. The van der Waals surface area contributed by atoms with Gasteiger partial charge in [-0.3, -0.25) is 4.21 Å². The Kier molecular flexibility index (Phi) is 4.73. The first-order valence-corrected chi connectivity index (χ1v) is 8.58. The van der Waals surface area contributed by atoms with Crippen LogP contribution in [0, 0.1) is 11.6 Å². The summed E-state index contributed by atoms with van der Waals surface area (Å²) in [6.07, 6.45) is 0. The van der Waals surface area contributed by atoms with Crippen molar-refractivity contribution < 1.29 is 22.5 Å². The lowest BCUT2D eigenvalue weighted by molar-refractivity contribution is -0.0171. The fraction of sp³-hybridized carbons (Fsp3) is 0.294. The van der Waals surface area contributed by atoms with E-state index in [1.165, 1.54) is 18.2 Å². The van der Waals surface area contributed by atoms with Crippen LogP contribution in [0.15, 0.2) is 36.4 Å². The van der Waals surface area contributed by atoms with Crippen LogP contribution >= 0.6 is 0 Å². The summed E-state index contributed by atoms with van der Waals surface area (Å²) in [5.74, 6) is -0.204. The third-order valence-corrected chi connectivity index (χ3v) is 5.43. The van der Waals surface area contributed by atoms with Gasteiger partial charge in [0.05, 0.1) is 17.6 Å². The molecule has 0 saturated carbocycles. The highest BCUT2D eigenvalue weighted by Gasteiger charge is 2.22. The van der Waals surface area contributed by atoms with Crippen molar-refractivity contribution in [3.05, 3.63) is 64.7 Å². The Labute approximate surface area is 135 Å². The minimum absolute atomic E-state index is 0.0845. The molecule has 1 aliphatic rings. The van der Waals surface area contributed by atoms with E-state index in [4.69, 9.17) is 9.47 Å². The molecule has 0 aromatic heterocycles. The van der Waals surface area contributed by atoms with E-state index in [0.29, 0.717) is 22.4 Å². The molecule has 0 unspecified atom stereocenters. The van der Waals surface area contributed by atoms with Gasteiger partial charge >= 0.3 is 0 Å². The van der Waals surface area contributed by atoms with Crippen LogP contribution in [0.2, 0.25) is 0 Å². The Hall–Kier alpha value is -1.79. The number of hydrogen-bond acceptors (Lipinski definition) is 3. The van der Waals surface area contributed by atoms with E-state index in [1.54, 1.807) is 25.1 Å². The van der Waals surface area contributed by atoms with Crippen LogP contribution in [0.25, 0.3) is 0 Å². The van der Waals surface area contributed by atoms with Crippen LogP contribution in [0.3, 0.4) is 0 Å². The number of rotatable bonds is 4. The summed E-state index contributed by atoms with van der Waals surface area (Å²) in [5.41, 5.74) is 1.51. The maximum Gasteiger partial charge on any atom is 0.189 e. The van der Waals surface area contributed by atoms with E-state index >= 15 is 0 Å². The maximum absolute atomic E-state index is 13.8. The van der Waals surface area contributed by atoms with Gasteiger partial charge in [-0.25, -0.2) is 8.78 Å². The SMILES string of the molecule is C[C@H](c1ccccc1F)[S@](=O)Cc1cc(F)cc2c1OCOC2. The Morgan fingerprint density at radius 2 is 2.04 bits per heavy atom. The summed E-state index contributed by atoms with van der Waals surface area (Å²) in [6.45, 7) is 2.04. The first-order valence-electron chi connectivity index (χ1n) is 7.19. The Bertz CT molecular complexity index is 749. The zero-order chi connectivity index (χ0) is 16.4. The molecule has 122 valence electrons. The van der Waals surface area contributed by atoms with Gasteiger partial charge in [-0.05, 0) is 25.1 Å². The predicted octanol–water partition coefficient (Wildman–Crippen LogP) is 3.84. The van der Waals surface area contributed by atoms with Gasteiger partial charge < -0.3 is 9.47 Å². The number of fused-ring (bicyclic) bond motifs is 1. The van der Waals surface area contributed by atoms with Gasteiger partial charge in [-0.1, -0.05) is 18.2 Å². The molecule has 1 aliphatic heterocycles. The van der Waals surface area contributed by atoms with E-state index < -0.39 is 21.9 Å². The topological polar surface area (TPSA) is 35.5 Å². The zero-order valence-corrected chi connectivity index (χ0v) is 13.4.